The first-order valence-electron chi connectivity index (χ1n) is 9.65. The molecule has 25 heavy (non-hydrogen) atoms. The molecule has 1 atom stereocenters. The van der Waals surface area contributed by atoms with Crippen molar-refractivity contribution in [3.8, 4) is 0 Å². The van der Waals surface area contributed by atoms with E-state index in [4.69, 9.17) is 5.73 Å². The predicted molar refractivity (Wildman–Crippen MR) is 105 cm³/mol. The first-order valence-corrected chi connectivity index (χ1v) is 9.65. The minimum absolute atomic E-state index is 0.0252. The Bertz CT molecular complexity index is 521. The summed E-state index contributed by atoms with van der Waals surface area (Å²) in [7, 11) is 0. The number of nitrogens with two attached hydrogens (primary N) is 1. The molecule has 1 heterocycles. The number of rotatable bonds is 8. The van der Waals surface area contributed by atoms with Crippen LogP contribution in [0.25, 0.3) is 0 Å². The molecule has 1 saturated heterocycles. The number of nitrogens with one attached hydrogen (secondary N) is 1. The third kappa shape index (κ3) is 5.72. The Kier molecular flexibility index (Phi) is 7.72. The maximum Gasteiger partial charge on any atom is 0.251 e. The topological polar surface area (TPSA) is 61.6 Å². The molecule has 0 radical (unpaired) electrons. The number of hydrogen-bond donors (Lipinski definition) is 2. The normalized spacial score (nSPS) is 16.9. The van der Waals surface area contributed by atoms with Gasteiger partial charge in [-0.3, -0.25) is 9.69 Å². The molecule has 1 fully saturated rings. The van der Waals surface area contributed by atoms with E-state index in [9.17, 15) is 4.79 Å². The van der Waals surface area contributed by atoms with Gasteiger partial charge in [-0.05, 0) is 44.5 Å². The van der Waals surface area contributed by atoms with Crippen LogP contribution < -0.4 is 16.0 Å². The van der Waals surface area contributed by atoms with Crippen LogP contribution in [0, 0.1) is 0 Å². The van der Waals surface area contributed by atoms with Gasteiger partial charge in [0, 0.05) is 56.1 Å². The highest BCUT2D eigenvalue weighted by atomic mass is 16.1. The minimum Gasteiger partial charge on any atom is -0.369 e. The lowest BCUT2D eigenvalue weighted by atomic mass is 10.1. The molecule has 0 aliphatic carbocycles. The van der Waals surface area contributed by atoms with Crippen LogP contribution in [0.4, 0.5) is 5.69 Å². The van der Waals surface area contributed by atoms with E-state index in [1.165, 1.54) is 5.69 Å². The molecule has 5 nitrogen and oxygen atoms in total. The highest BCUT2D eigenvalue weighted by Gasteiger charge is 2.19. The second-order valence-corrected chi connectivity index (χ2v) is 7.21. The summed E-state index contributed by atoms with van der Waals surface area (Å²) in [5, 5.41) is 3.05. The lowest BCUT2D eigenvalue weighted by molar-refractivity contribution is 0.0936. The summed E-state index contributed by atoms with van der Waals surface area (Å²) in [5.74, 6) is -0.0252. The van der Waals surface area contributed by atoms with Crippen molar-refractivity contribution in [1.29, 1.82) is 0 Å². The lowest BCUT2D eigenvalue weighted by Gasteiger charge is -2.38. The van der Waals surface area contributed by atoms with Crippen LogP contribution in [0.3, 0.4) is 0 Å². The van der Waals surface area contributed by atoms with E-state index in [1.54, 1.807) is 0 Å². The molecule has 3 N–H and O–H groups in total. The van der Waals surface area contributed by atoms with Gasteiger partial charge in [-0.2, -0.15) is 0 Å². The van der Waals surface area contributed by atoms with E-state index in [0.29, 0.717) is 18.2 Å². The van der Waals surface area contributed by atoms with Gasteiger partial charge in [-0.1, -0.05) is 19.8 Å². The molecule has 0 spiro atoms. The number of anilines is 1. The van der Waals surface area contributed by atoms with E-state index in [-0.39, 0.29) is 11.9 Å². The van der Waals surface area contributed by atoms with Crippen LogP contribution in [0.1, 0.15) is 50.4 Å². The van der Waals surface area contributed by atoms with Crippen molar-refractivity contribution in [3.05, 3.63) is 29.8 Å². The third-order valence-corrected chi connectivity index (χ3v) is 5.07. The summed E-state index contributed by atoms with van der Waals surface area (Å²) in [4.78, 5) is 17.3. The van der Waals surface area contributed by atoms with Crippen molar-refractivity contribution in [2.24, 2.45) is 5.73 Å². The second-order valence-electron chi connectivity index (χ2n) is 7.21. The summed E-state index contributed by atoms with van der Waals surface area (Å²) in [6, 6.07) is 8.64. The van der Waals surface area contributed by atoms with Crippen LogP contribution >= 0.6 is 0 Å². The Labute approximate surface area is 152 Å². The molecule has 0 saturated carbocycles. The van der Waals surface area contributed by atoms with Gasteiger partial charge < -0.3 is 16.0 Å². The molecule has 0 bridgehead atoms. The molecule has 2 rings (SSSR count). The molecule has 1 aliphatic heterocycles. The molecule has 140 valence electrons. The summed E-state index contributed by atoms with van der Waals surface area (Å²) in [6.07, 6.45) is 3.14. The second kappa shape index (κ2) is 9.78. The van der Waals surface area contributed by atoms with Crippen LogP contribution in [0.5, 0.6) is 0 Å². The maximum atomic E-state index is 12.4. The zero-order chi connectivity index (χ0) is 18.2. The largest absolute Gasteiger partial charge is 0.369 e. The molecule has 1 unspecified atom stereocenters. The van der Waals surface area contributed by atoms with Crippen LogP contribution in [0.2, 0.25) is 0 Å². The maximum absolute atomic E-state index is 12.4. The van der Waals surface area contributed by atoms with Crippen LogP contribution in [-0.2, 0) is 0 Å². The van der Waals surface area contributed by atoms with Crippen molar-refractivity contribution >= 4 is 11.6 Å². The van der Waals surface area contributed by atoms with Crippen molar-refractivity contribution < 1.29 is 4.79 Å². The van der Waals surface area contributed by atoms with E-state index in [2.05, 4.69) is 48.0 Å². The number of piperazine rings is 1. The van der Waals surface area contributed by atoms with Gasteiger partial charge in [0.15, 0.2) is 0 Å². The molecule has 1 aliphatic rings. The smallest absolute Gasteiger partial charge is 0.251 e. The molecule has 1 amide bonds. The monoisotopic (exact) mass is 346 g/mol. The molecule has 0 aromatic heterocycles. The standard InChI is InChI=1S/C20H34N4O/c1-4-5-6-18(15-21)22-20(25)17-7-9-19(10-8-17)24-13-11-23(12-14-24)16(2)3/h7-10,16,18H,4-6,11-15,21H2,1-3H3,(H,22,25). The van der Waals surface area contributed by atoms with Gasteiger partial charge in [-0.25, -0.2) is 0 Å². The SMILES string of the molecule is CCCCC(CN)NC(=O)c1ccc(N2CCN(C(C)C)CC2)cc1. The fourth-order valence-electron chi connectivity index (χ4n) is 3.29. The van der Waals surface area contributed by atoms with E-state index in [0.717, 1.165) is 45.4 Å². The van der Waals surface area contributed by atoms with E-state index < -0.39 is 0 Å². The first kappa shape index (κ1) is 19.7. The Hall–Kier alpha value is -1.59. The van der Waals surface area contributed by atoms with E-state index >= 15 is 0 Å². The Morgan fingerprint density at radius 3 is 2.32 bits per heavy atom. The molecule has 1 aromatic rings. The zero-order valence-electron chi connectivity index (χ0n) is 16.0. The summed E-state index contributed by atoms with van der Waals surface area (Å²) in [6.45, 7) is 11.4. The highest BCUT2D eigenvalue weighted by Crippen LogP contribution is 2.18. The first-order chi connectivity index (χ1) is 12.0. The van der Waals surface area contributed by atoms with Gasteiger partial charge in [0.25, 0.3) is 5.91 Å². The number of carbonyl (C=O) groups is 1. The number of nitrogens with zero attached hydrogens (tertiary/aromatic N) is 2. The lowest BCUT2D eigenvalue weighted by Crippen LogP contribution is -2.48. The quantitative estimate of drug-likeness (QED) is 0.759. The third-order valence-electron chi connectivity index (χ3n) is 5.07. The fraction of sp³-hybridized carbons (Fsp3) is 0.650. The minimum atomic E-state index is -0.0252. The Morgan fingerprint density at radius 1 is 1.16 bits per heavy atom. The van der Waals surface area contributed by atoms with Crippen LogP contribution in [-0.4, -0.2) is 55.6 Å². The number of hydrogen-bond acceptors (Lipinski definition) is 4. The number of benzene rings is 1. The van der Waals surface area contributed by atoms with Gasteiger partial charge in [0.05, 0.1) is 0 Å². The summed E-state index contributed by atoms with van der Waals surface area (Å²) in [5.41, 5.74) is 7.67. The average molecular weight is 347 g/mol. The fourth-order valence-corrected chi connectivity index (χ4v) is 3.29. The molecular weight excluding hydrogens is 312 g/mol. The molecule has 5 heteroatoms. The molecular formula is C20H34N4O. The zero-order valence-corrected chi connectivity index (χ0v) is 16.0. The molecule has 1 aromatic carbocycles. The van der Waals surface area contributed by atoms with E-state index in [1.807, 2.05) is 12.1 Å². The van der Waals surface area contributed by atoms with Crippen molar-refractivity contribution in [3.63, 3.8) is 0 Å². The van der Waals surface area contributed by atoms with Crippen molar-refractivity contribution in [1.82, 2.24) is 10.2 Å². The Morgan fingerprint density at radius 2 is 1.80 bits per heavy atom. The number of unbranched alkanes of at least 4 members (excludes halogenated alkanes) is 1. The summed E-state index contributed by atoms with van der Waals surface area (Å²) < 4.78 is 0. The predicted octanol–water partition coefficient (Wildman–Crippen LogP) is 2.46. The highest BCUT2D eigenvalue weighted by molar-refractivity contribution is 5.94. The van der Waals surface area contributed by atoms with Gasteiger partial charge in [-0.15, -0.1) is 0 Å². The van der Waals surface area contributed by atoms with Crippen molar-refractivity contribution in [2.75, 3.05) is 37.6 Å². The Balaban J connectivity index is 1.90. The number of carbonyl (C=O) groups excluding carboxylic acids is 1. The average Bonchev–Trinajstić information content (AvgIpc) is 2.65. The van der Waals surface area contributed by atoms with Crippen molar-refractivity contribution in [2.45, 2.75) is 52.1 Å². The van der Waals surface area contributed by atoms with Crippen LogP contribution in [0.15, 0.2) is 24.3 Å². The van der Waals surface area contributed by atoms with Gasteiger partial charge >= 0.3 is 0 Å². The van der Waals surface area contributed by atoms with Gasteiger partial charge in [0.2, 0.25) is 0 Å². The number of amides is 1. The van der Waals surface area contributed by atoms with Gasteiger partial charge in [0.1, 0.15) is 0 Å². The summed E-state index contributed by atoms with van der Waals surface area (Å²) >= 11 is 0.